The third-order valence-electron chi connectivity index (χ3n) is 4.88. The van der Waals surface area contributed by atoms with Gasteiger partial charge >= 0.3 is 0 Å². The number of hydrogen-bond donors (Lipinski definition) is 1. The first-order chi connectivity index (χ1) is 13.0. The number of sulfonamides is 1. The molecule has 0 bridgehead atoms. The molecule has 2 aromatic carbocycles. The lowest BCUT2D eigenvalue weighted by Crippen LogP contribution is -2.42. The molecule has 5 nitrogen and oxygen atoms in total. The summed E-state index contributed by atoms with van der Waals surface area (Å²) in [5.74, 6) is 0. The fraction of sp³-hybridized carbons (Fsp3) is 0.429. The number of nitrogens with zero attached hydrogens (tertiary/aromatic N) is 2. The molecule has 1 aliphatic rings. The standard InChI is InChI=1S/C21H29N3O2S/c1-18(2)24(17-19-7-4-3-5-8-19)27(25,26)21-10-6-9-20(15-21)16-23-13-11-22-12-14-23/h3-10,15,18,22H,11-14,16-17H2,1-2H3. The van der Waals surface area contributed by atoms with Crippen LogP contribution in [0.4, 0.5) is 0 Å². The van der Waals surface area contributed by atoms with Gasteiger partial charge in [-0.1, -0.05) is 42.5 Å². The van der Waals surface area contributed by atoms with Crippen molar-refractivity contribution in [3.05, 3.63) is 65.7 Å². The van der Waals surface area contributed by atoms with Crippen molar-refractivity contribution in [2.75, 3.05) is 26.2 Å². The van der Waals surface area contributed by atoms with Gasteiger partial charge in [0.05, 0.1) is 4.90 Å². The Balaban J connectivity index is 1.82. The van der Waals surface area contributed by atoms with Crippen LogP contribution in [0.5, 0.6) is 0 Å². The number of benzene rings is 2. The molecule has 0 radical (unpaired) electrons. The number of hydrogen-bond acceptors (Lipinski definition) is 4. The molecule has 1 saturated heterocycles. The van der Waals surface area contributed by atoms with Gasteiger partial charge in [-0.25, -0.2) is 8.42 Å². The monoisotopic (exact) mass is 387 g/mol. The summed E-state index contributed by atoms with van der Waals surface area (Å²) in [5.41, 5.74) is 2.04. The minimum Gasteiger partial charge on any atom is -0.314 e. The van der Waals surface area contributed by atoms with Crippen LogP contribution in [-0.4, -0.2) is 49.8 Å². The van der Waals surface area contributed by atoms with Crippen LogP contribution >= 0.6 is 0 Å². The molecule has 0 aromatic heterocycles. The molecule has 1 aliphatic heterocycles. The molecular formula is C21H29N3O2S. The fourth-order valence-electron chi connectivity index (χ4n) is 3.38. The molecular weight excluding hydrogens is 358 g/mol. The number of piperazine rings is 1. The highest BCUT2D eigenvalue weighted by molar-refractivity contribution is 7.89. The van der Waals surface area contributed by atoms with E-state index in [0.717, 1.165) is 43.9 Å². The normalized spacial score (nSPS) is 16.1. The highest BCUT2D eigenvalue weighted by Crippen LogP contribution is 2.22. The molecule has 0 unspecified atom stereocenters. The summed E-state index contributed by atoms with van der Waals surface area (Å²) in [5, 5.41) is 3.34. The molecule has 0 spiro atoms. The van der Waals surface area contributed by atoms with Crippen LogP contribution < -0.4 is 5.32 Å². The SMILES string of the molecule is CC(C)N(Cc1ccccc1)S(=O)(=O)c1cccc(CN2CCNCC2)c1. The third-order valence-corrected chi connectivity index (χ3v) is 6.90. The van der Waals surface area contributed by atoms with Gasteiger partial charge in [0, 0.05) is 45.3 Å². The molecule has 0 amide bonds. The lowest BCUT2D eigenvalue weighted by molar-refractivity contribution is 0.233. The van der Waals surface area contributed by atoms with E-state index >= 15 is 0 Å². The largest absolute Gasteiger partial charge is 0.314 e. The van der Waals surface area contributed by atoms with Crippen LogP contribution in [0, 0.1) is 0 Å². The quantitative estimate of drug-likeness (QED) is 0.794. The van der Waals surface area contributed by atoms with Gasteiger partial charge < -0.3 is 5.32 Å². The van der Waals surface area contributed by atoms with Crippen LogP contribution in [0.1, 0.15) is 25.0 Å². The molecule has 1 N–H and O–H groups in total. The highest BCUT2D eigenvalue weighted by atomic mass is 32.2. The van der Waals surface area contributed by atoms with Crippen LogP contribution in [0.2, 0.25) is 0 Å². The van der Waals surface area contributed by atoms with E-state index in [9.17, 15) is 8.42 Å². The minimum atomic E-state index is -3.56. The summed E-state index contributed by atoms with van der Waals surface area (Å²) < 4.78 is 28.2. The molecule has 0 aliphatic carbocycles. The maximum Gasteiger partial charge on any atom is 0.243 e. The van der Waals surface area contributed by atoms with Crippen molar-refractivity contribution in [2.45, 2.75) is 37.9 Å². The van der Waals surface area contributed by atoms with Gasteiger partial charge in [0.2, 0.25) is 10.0 Å². The Morgan fingerprint density at radius 1 is 1.00 bits per heavy atom. The Morgan fingerprint density at radius 3 is 2.33 bits per heavy atom. The van der Waals surface area contributed by atoms with Crippen molar-refractivity contribution < 1.29 is 8.42 Å². The number of rotatable bonds is 7. The predicted octanol–water partition coefficient (Wildman–Crippen LogP) is 2.69. The van der Waals surface area contributed by atoms with Gasteiger partial charge in [0.25, 0.3) is 0 Å². The first-order valence-corrected chi connectivity index (χ1v) is 11.0. The van der Waals surface area contributed by atoms with Gasteiger partial charge in [-0.3, -0.25) is 4.90 Å². The van der Waals surface area contributed by atoms with Crippen molar-refractivity contribution in [1.82, 2.24) is 14.5 Å². The lowest BCUT2D eigenvalue weighted by Gasteiger charge is -2.28. The molecule has 6 heteroatoms. The highest BCUT2D eigenvalue weighted by Gasteiger charge is 2.27. The zero-order chi connectivity index (χ0) is 19.3. The maximum atomic E-state index is 13.3. The lowest BCUT2D eigenvalue weighted by atomic mass is 10.2. The molecule has 146 valence electrons. The number of nitrogens with one attached hydrogen (secondary N) is 1. The van der Waals surface area contributed by atoms with E-state index in [-0.39, 0.29) is 6.04 Å². The van der Waals surface area contributed by atoms with E-state index in [1.807, 2.05) is 62.4 Å². The van der Waals surface area contributed by atoms with Crippen molar-refractivity contribution in [3.8, 4) is 0 Å². The van der Waals surface area contributed by atoms with Gasteiger partial charge in [-0.2, -0.15) is 4.31 Å². The first-order valence-electron chi connectivity index (χ1n) is 9.54. The Labute approximate surface area is 163 Å². The second-order valence-corrected chi connectivity index (χ2v) is 9.19. The van der Waals surface area contributed by atoms with Crippen LogP contribution in [0.3, 0.4) is 0 Å². The van der Waals surface area contributed by atoms with Gasteiger partial charge in [0.1, 0.15) is 0 Å². The van der Waals surface area contributed by atoms with E-state index in [2.05, 4.69) is 10.2 Å². The summed E-state index contributed by atoms with van der Waals surface area (Å²) in [6.45, 7) is 8.95. The zero-order valence-corrected chi connectivity index (χ0v) is 17.0. The molecule has 1 heterocycles. The van der Waals surface area contributed by atoms with Crippen molar-refractivity contribution in [3.63, 3.8) is 0 Å². The van der Waals surface area contributed by atoms with E-state index < -0.39 is 10.0 Å². The van der Waals surface area contributed by atoms with Crippen molar-refractivity contribution >= 4 is 10.0 Å². The van der Waals surface area contributed by atoms with Crippen molar-refractivity contribution in [1.29, 1.82) is 0 Å². The van der Waals surface area contributed by atoms with E-state index in [0.29, 0.717) is 11.4 Å². The summed E-state index contributed by atoms with van der Waals surface area (Å²) in [6.07, 6.45) is 0. The molecule has 3 rings (SSSR count). The third kappa shape index (κ3) is 5.17. The molecule has 0 saturated carbocycles. The topological polar surface area (TPSA) is 52.7 Å². The smallest absolute Gasteiger partial charge is 0.243 e. The van der Waals surface area contributed by atoms with E-state index in [1.165, 1.54) is 0 Å². The summed E-state index contributed by atoms with van der Waals surface area (Å²) in [4.78, 5) is 2.73. The summed E-state index contributed by atoms with van der Waals surface area (Å²) >= 11 is 0. The average Bonchev–Trinajstić information content (AvgIpc) is 2.67. The first kappa shape index (κ1) is 20.0. The predicted molar refractivity (Wildman–Crippen MR) is 109 cm³/mol. The Bertz CT molecular complexity index is 832. The average molecular weight is 388 g/mol. The summed E-state index contributed by atoms with van der Waals surface area (Å²) in [6, 6.07) is 17.0. The second kappa shape index (κ2) is 8.97. The van der Waals surface area contributed by atoms with Gasteiger partial charge in [0.15, 0.2) is 0 Å². The van der Waals surface area contributed by atoms with Crippen LogP contribution in [0.15, 0.2) is 59.5 Å². The Kier molecular flexibility index (Phi) is 6.65. The molecule has 2 aromatic rings. The fourth-order valence-corrected chi connectivity index (χ4v) is 5.07. The Hall–Kier alpha value is -1.73. The van der Waals surface area contributed by atoms with E-state index in [1.54, 1.807) is 10.4 Å². The zero-order valence-electron chi connectivity index (χ0n) is 16.1. The second-order valence-electron chi connectivity index (χ2n) is 7.30. The van der Waals surface area contributed by atoms with Crippen LogP contribution in [0.25, 0.3) is 0 Å². The molecule has 27 heavy (non-hydrogen) atoms. The van der Waals surface area contributed by atoms with Gasteiger partial charge in [-0.05, 0) is 37.1 Å². The van der Waals surface area contributed by atoms with Gasteiger partial charge in [-0.15, -0.1) is 0 Å². The van der Waals surface area contributed by atoms with Crippen LogP contribution in [-0.2, 0) is 23.1 Å². The molecule has 1 fully saturated rings. The van der Waals surface area contributed by atoms with Crippen molar-refractivity contribution in [2.24, 2.45) is 0 Å². The minimum absolute atomic E-state index is 0.118. The van der Waals surface area contributed by atoms with E-state index in [4.69, 9.17) is 0 Å². The Morgan fingerprint density at radius 2 is 1.67 bits per heavy atom. The molecule has 0 atom stereocenters. The maximum absolute atomic E-state index is 13.3. The summed E-state index contributed by atoms with van der Waals surface area (Å²) in [7, 11) is -3.56.